The van der Waals surface area contributed by atoms with Crippen LogP contribution in [0.2, 0.25) is 0 Å². The Labute approximate surface area is 139 Å². The van der Waals surface area contributed by atoms with Crippen molar-refractivity contribution >= 4 is 17.5 Å². The van der Waals surface area contributed by atoms with Crippen LogP contribution in [0.25, 0.3) is 11.1 Å². The van der Waals surface area contributed by atoms with Crippen LogP contribution < -0.4 is 0 Å². The summed E-state index contributed by atoms with van der Waals surface area (Å²) in [5.74, 6) is 0.146. The second kappa shape index (κ2) is 7.29. The van der Waals surface area contributed by atoms with E-state index in [2.05, 4.69) is 41.4 Å². The highest BCUT2D eigenvalue weighted by Gasteiger charge is 2.13. The molecule has 116 valence electrons. The first-order chi connectivity index (χ1) is 11.3. The average Bonchev–Trinajstić information content (AvgIpc) is 3.10. The number of ketones is 1. The van der Waals surface area contributed by atoms with Crippen molar-refractivity contribution < 1.29 is 9.21 Å². The van der Waals surface area contributed by atoms with E-state index in [9.17, 15) is 4.79 Å². The Kier molecular flexibility index (Phi) is 4.93. The minimum atomic E-state index is -0.0579. The first kappa shape index (κ1) is 15.6. The molecule has 0 atom stereocenters. The summed E-state index contributed by atoms with van der Waals surface area (Å²) in [6, 6.07) is 18.6. The van der Waals surface area contributed by atoms with E-state index in [1.807, 2.05) is 24.5 Å². The Morgan fingerprint density at radius 3 is 2.39 bits per heavy atom. The van der Waals surface area contributed by atoms with Crippen molar-refractivity contribution in [1.82, 2.24) is 4.98 Å². The van der Waals surface area contributed by atoms with E-state index in [1.54, 1.807) is 6.20 Å². The molecule has 0 amide bonds. The van der Waals surface area contributed by atoms with Gasteiger partial charge in [-0.25, -0.2) is 4.98 Å². The lowest BCUT2D eigenvalue weighted by molar-refractivity contribution is 0.0944. The smallest absolute Gasteiger partial charge is 0.264 e. The van der Waals surface area contributed by atoms with Crippen LogP contribution in [-0.2, 0) is 6.42 Å². The number of rotatable bonds is 6. The molecule has 2 aromatic carbocycles. The van der Waals surface area contributed by atoms with Gasteiger partial charge in [0.05, 0.1) is 6.20 Å². The van der Waals surface area contributed by atoms with Crippen molar-refractivity contribution in [2.24, 2.45) is 0 Å². The van der Waals surface area contributed by atoms with Crippen LogP contribution in [0, 0.1) is 0 Å². The summed E-state index contributed by atoms with van der Waals surface area (Å²) >= 11 is 1.44. The molecule has 0 aliphatic carbocycles. The topological polar surface area (TPSA) is 43.1 Å². The van der Waals surface area contributed by atoms with Crippen LogP contribution in [0.1, 0.15) is 22.7 Å². The summed E-state index contributed by atoms with van der Waals surface area (Å²) in [5, 5.41) is 0.667. The van der Waals surface area contributed by atoms with Gasteiger partial charge < -0.3 is 4.42 Å². The van der Waals surface area contributed by atoms with Crippen LogP contribution in [0.5, 0.6) is 0 Å². The fraction of sp³-hybridized carbons (Fsp3) is 0.158. The molecule has 0 N–H and O–H groups in total. The summed E-state index contributed by atoms with van der Waals surface area (Å²) in [5.41, 5.74) is 3.51. The largest absolute Gasteiger partial charge is 0.427 e. The number of Topliss-reactive ketones (excluding diaryl/α,β-unsaturated/α-hetero) is 1. The zero-order valence-electron chi connectivity index (χ0n) is 12.9. The molecule has 0 saturated heterocycles. The second-order valence-corrected chi connectivity index (χ2v) is 5.99. The van der Waals surface area contributed by atoms with Gasteiger partial charge in [-0.3, -0.25) is 4.79 Å². The number of nitrogens with zero attached hydrogens (tertiary/aromatic N) is 1. The van der Waals surface area contributed by atoms with Gasteiger partial charge in [0.2, 0.25) is 5.78 Å². The highest BCUT2D eigenvalue weighted by atomic mass is 32.2. The van der Waals surface area contributed by atoms with E-state index in [4.69, 9.17) is 4.42 Å². The number of hydrogen-bond acceptors (Lipinski definition) is 4. The van der Waals surface area contributed by atoms with Crippen LogP contribution in [-0.4, -0.2) is 17.0 Å². The van der Waals surface area contributed by atoms with Crippen molar-refractivity contribution in [3.63, 3.8) is 0 Å². The van der Waals surface area contributed by atoms with Crippen LogP contribution >= 0.6 is 11.8 Å². The molecule has 0 radical (unpaired) electrons. The highest BCUT2D eigenvalue weighted by molar-refractivity contribution is 7.98. The van der Waals surface area contributed by atoms with Crippen molar-refractivity contribution in [3.8, 4) is 11.1 Å². The molecule has 0 spiro atoms. The summed E-state index contributed by atoms with van der Waals surface area (Å²) in [7, 11) is 0. The van der Waals surface area contributed by atoms with E-state index in [1.165, 1.54) is 22.9 Å². The predicted molar refractivity (Wildman–Crippen MR) is 92.8 cm³/mol. The number of benzene rings is 2. The van der Waals surface area contributed by atoms with Gasteiger partial charge in [-0.05, 0) is 29.4 Å². The first-order valence-corrected chi connectivity index (χ1v) is 8.66. The Morgan fingerprint density at radius 2 is 1.74 bits per heavy atom. The number of carbonyl (C=O) groups is 1. The molecule has 4 heteroatoms. The molecular formula is C19H17NO2S. The van der Waals surface area contributed by atoms with E-state index in [0.717, 1.165) is 5.56 Å². The molecule has 23 heavy (non-hydrogen) atoms. The molecule has 3 nitrogen and oxygen atoms in total. The molecular weight excluding hydrogens is 306 g/mol. The van der Waals surface area contributed by atoms with Gasteiger partial charge in [0.1, 0.15) is 0 Å². The Balaban J connectivity index is 1.61. The third-order valence-electron chi connectivity index (χ3n) is 3.63. The van der Waals surface area contributed by atoms with E-state index >= 15 is 0 Å². The molecule has 1 aromatic heterocycles. The van der Waals surface area contributed by atoms with Gasteiger partial charge in [0.25, 0.3) is 5.89 Å². The lowest BCUT2D eigenvalue weighted by Crippen LogP contribution is -2.01. The van der Waals surface area contributed by atoms with E-state index < -0.39 is 0 Å². The molecule has 0 aliphatic heterocycles. The standard InChI is InChI=1S/C19H17NO2S/c1-23-18-13-20-19(22-18)17(21)12-9-14-7-10-16(11-8-14)15-5-3-2-4-6-15/h2-8,10-11,13H,9,12H2,1H3. The summed E-state index contributed by atoms with van der Waals surface area (Å²) in [6.07, 6.45) is 4.57. The second-order valence-electron chi connectivity index (χ2n) is 5.17. The number of carbonyl (C=O) groups excluding carboxylic acids is 1. The minimum absolute atomic E-state index is 0.0579. The molecule has 0 aliphatic rings. The lowest BCUT2D eigenvalue weighted by Gasteiger charge is -2.04. The lowest BCUT2D eigenvalue weighted by atomic mass is 10.0. The van der Waals surface area contributed by atoms with Crippen molar-refractivity contribution in [3.05, 3.63) is 72.2 Å². The van der Waals surface area contributed by atoms with Crippen LogP contribution in [0.15, 0.2) is 70.3 Å². The molecule has 0 bridgehead atoms. The normalized spacial score (nSPS) is 10.7. The van der Waals surface area contributed by atoms with E-state index in [-0.39, 0.29) is 11.7 Å². The van der Waals surface area contributed by atoms with Gasteiger partial charge in [0.15, 0.2) is 5.09 Å². The maximum absolute atomic E-state index is 12.1. The number of oxazole rings is 1. The Morgan fingerprint density at radius 1 is 1.04 bits per heavy atom. The summed E-state index contributed by atoms with van der Waals surface area (Å²) in [6.45, 7) is 0. The van der Waals surface area contributed by atoms with Gasteiger partial charge in [-0.2, -0.15) is 0 Å². The zero-order valence-corrected chi connectivity index (χ0v) is 13.7. The maximum atomic E-state index is 12.1. The minimum Gasteiger partial charge on any atom is -0.427 e. The van der Waals surface area contributed by atoms with Crippen molar-refractivity contribution in [1.29, 1.82) is 0 Å². The monoisotopic (exact) mass is 323 g/mol. The molecule has 0 unspecified atom stereocenters. The highest BCUT2D eigenvalue weighted by Crippen LogP contribution is 2.20. The molecule has 3 aromatic rings. The van der Waals surface area contributed by atoms with Crippen LogP contribution in [0.3, 0.4) is 0 Å². The third kappa shape index (κ3) is 3.90. The Bertz CT molecular complexity index is 779. The molecule has 0 fully saturated rings. The summed E-state index contributed by atoms with van der Waals surface area (Å²) in [4.78, 5) is 16.1. The summed E-state index contributed by atoms with van der Waals surface area (Å²) < 4.78 is 5.36. The van der Waals surface area contributed by atoms with Gasteiger partial charge in [-0.15, -0.1) is 0 Å². The Hall–Kier alpha value is -2.33. The van der Waals surface area contributed by atoms with E-state index in [0.29, 0.717) is 17.9 Å². The molecule has 1 heterocycles. The van der Waals surface area contributed by atoms with Gasteiger partial charge in [0, 0.05) is 6.42 Å². The van der Waals surface area contributed by atoms with Crippen molar-refractivity contribution in [2.45, 2.75) is 17.9 Å². The number of thioether (sulfide) groups is 1. The first-order valence-electron chi connectivity index (χ1n) is 7.43. The average molecular weight is 323 g/mol. The predicted octanol–water partition coefficient (Wildman–Crippen LogP) is 4.88. The molecule has 0 saturated carbocycles. The SMILES string of the molecule is CSc1cnc(C(=O)CCc2ccc(-c3ccccc3)cc2)o1. The fourth-order valence-corrected chi connectivity index (χ4v) is 2.66. The maximum Gasteiger partial charge on any atom is 0.264 e. The number of aryl methyl sites for hydroxylation is 1. The van der Waals surface area contributed by atoms with Gasteiger partial charge in [-0.1, -0.05) is 66.4 Å². The van der Waals surface area contributed by atoms with Crippen LogP contribution in [0.4, 0.5) is 0 Å². The number of hydrogen-bond donors (Lipinski definition) is 0. The van der Waals surface area contributed by atoms with Crippen molar-refractivity contribution in [2.75, 3.05) is 6.26 Å². The molecule has 3 rings (SSSR count). The zero-order chi connectivity index (χ0) is 16.1. The van der Waals surface area contributed by atoms with Gasteiger partial charge >= 0.3 is 0 Å². The quantitative estimate of drug-likeness (QED) is 0.479. The third-order valence-corrected chi connectivity index (χ3v) is 4.22. The fourth-order valence-electron chi connectivity index (χ4n) is 2.34. The number of aromatic nitrogens is 1.